The number of thioether (sulfide) groups is 1. The summed E-state index contributed by atoms with van der Waals surface area (Å²) in [5.41, 5.74) is 0.892. The molecule has 0 unspecified atom stereocenters. The molecule has 1 spiro atoms. The summed E-state index contributed by atoms with van der Waals surface area (Å²) in [6, 6.07) is 20.6. The number of aliphatic hydroxyl groups excluding tert-OH is 1. The fourth-order valence-corrected chi connectivity index (χ4v) is 5.75. The Morgan fingerprint density at radius 2 is 1.56 bits per heavy atom. The van der Waals surface area contributed by atoms with E-state index in [1.165, 1.54) is 24.2 Å². The van der Waals surface area contributed by atoms with Gasteiger partial charge in [-0.15, -0.1) is 11.8 Å². The molecule has 2 aromatic carbocycles. The molecule has 0 aromatic heterocycles. The average molecular weight is 355 g/mol. The molecular weight excluding hydrogens is 328 g/mol. The molecule has 3 atom stereocenters. The van der Waals surface area contributed by atoms with Crippen LogP contribution < -0.4 is 0 Å². The van der Waals surface area contributed by atoms with Crippen molar-refractivity contribution in [1.82, 2.24) is 0 Å². The third-order valence-corrected chi connectivity index (χ3v) is 7.08. The zero-order valence-corrected chi connectivity index (χ0v) is 15.3. The van der Waals surface area contributed by atoms with Crippen molar-refractivity contribution >= 4 is 11.8 Å². The van der Waals surface area contributed by atoms with Gasteiger partial charge in [-0.3, -0.25) is 0 Å². The predicted molar refractivity (Wildman–Crippen MR) is 103 cm³/mol. The molecule has 0 radical (unpaired) electrons. The summed E-state index contributed by atoms with van der Waals surface area (Å²) < 4.78 is 6.62. The smallest absolute Gasteiger partial charge is 0.105 e. The molecule has 3 heteroatoms. The zero-order valence-electron chi connectivity index (χ0n) is 14.5. The molecule has 25 heavy (non-hydrogen) atoms. The molecule has 0 bridgehead atoms. The van der Waals surface area contributed by atoms with Crippen LogP contribution in [-0.2, 0) is 4.74 Å². The molecule has 1 saturated heterocycles. The Balaban J connectivity index is 1.56. The first kappa shape index (κ1) is 17.1. The van der Waals surface area contributed by atoms with Gasteiger partial charge < -0.3 is 9.84 Å². The Bertz CT molecular complexity index is 667. The maximum absolute atomic E-state index is 10.9. The van der Waals surface area contributed by atoms with Gasteiger partial charge in [0.15, 0.2) is 0 Å². The molecule has 1 heterocycles. The quantitative estimate of drug-likeness (QED) is 0.800. The molecule has 4 rings (SSSR count). The summed E-state index contributed by atoms with van der Waals surface area (Å²) in [6.45, 7) is 0. The van der Waals surface area contributed by atoms with Crippen molar-refractivity contribution in [1.29, 1.82) is 0 Å². The third-order valence-electron chi connectivity index (χ3n) is 5.63. The second kappa shape index (κ2) is 7.53. The highest BCUT2D eigenvalue weighted by atomic mass is 32.2. The van der Waals surface area contributed by atoms with Crippen molar-refractivity contribution in [2.75, 3.05) is 0 Å². The first-order valence-electron chi connectivity index (χ1n) is 9.39. The summed E-state index contributed by atoms with van der Waals surface area (Å²) in [5, 5.41) is 11.3. The topological polar surface area (TPSA) is 29.5 Å². The number of hydrogen-bond acceptors (Lipinski definition) is 3. The summed E-state index contributed by atoms with van der Waals surface area (Å²) >= 11 is 1.94. The maximum Gasteiger partial charge on any atom is 0.105 e. The van der Waals surface area contributed by atoms with Crippen LogP contribution in [0, 0.1) is 0 Å². The van der Waals surface area contributed by atoms with E-state index in [1.807, 2.05) is 42.1 Å². The fraction of sp³-hybridized carbons (Fsp3) is 0.455. The Labute approximate surface area is 154 Å². The SMILES string of the molecule is O[C@H](c1ccccc1)[C@H]1C[C@H](Sc2ccccc2)C2(CCCCC2)O1. The lowest BCUT2D eigenvalue weighted by molar-refractivity contribution is -0.102. The lowest BCUT2D eigenvalue weighted by atomic mass is 9.82. The third kappa shape index (κ3) is 3.64. The number of benzene rings is 2. The lowest BCUT2D eigenvalue weighted by Crippen LogP contribution is -2.40. The minimum absolute atomic E-state index is 0.0703. The number of ether oxygens (including phenoxy) is 1. The van der Waals surface area contributed by atoms with Crippen LogP contribution in [0.3, 0.4) is 0 Å². The van der Waals surface area contributed by atoms with Crippen molar-refractivity contribution in [3.8, 4) is 0 Å². The normalized spacial score (nSPS) is 26.6. The van der Waals surface area contributed by atoms with Crippen LogP contribution in [0.1, 0.15) is 50.2 Å². The summed E-state index contributed by atoms with van der Waals surface area (Å²) in [6.07, 6.45) is 6.28. The summed E-state index contributed by atoms with van der Waals surface area (Å²) in [5.74, 6) is 0. The van der Waals surface area contributed by atoms with Gasteiger partial charge in [-0.1, -0.05) is 67.8 Å². The lowest BCUT2D eigenvalue weighted by Gasteiger charge is -2.38. The van der Waals surface area contributed by atoms with Crippen LogP contribution in [0.15, 0.2) is 65.6 Å². The van der Waals surface area contributed by atoms with Crippen LogP contribution in [0.4, 0.5) is 0 Å². The Morgan fingerprint density at radius 1 is 0.920 bits per heavy atom. The van der Waals surface area contributed by atoms with Crippen molar-refractivity contribution in [2.24, 2.45) is 0 Å². The van der Waals surface area contributed by atoms with E-state index in [0.29, 0.717) is 5.25 Å². The van der Waals surface area contributed by atoms with Crippen LogP contribution in [-0.4, -0.2) is 22.1 Å². The van der Waals surface area contributed by atoms with Crippen LogP contribution in [0.2, 0.25) is 0 Å². The van der Waals surface area contributed by atoms with Crippen LogP contribution in [0.25, 0.3) is 0 Å². The molecular formula is C22H26O2S. The fourth-order valence-electron chi connectivity index (χ4n) is 4.32. The molecule has 0 amide bonds. The first-order chi connectivity index (χ1) is 12.3. The van der Waals surface area contributed by atoms with Gasteiger partial charge in [0.2, 0.25) is 0 Å². The molecule has 2 aliphatic rings. The van der Waals surface area contributed by atoms with Crippen LogP contribution in [0.5, 0.6) is 0 Å². The van der Waals surface area contributed by atoms with Gasteiger partial charge >= 0.3 is 0 Å². The van der Waals surface area contributed by atoms with E-state index in [1.54, 1.807) is 0 Å². The molecule has 1 aliphatic carbocycles. The zero-order chi connectivity index (χ0) is 17.1. The maximum atomic E-state index is 10.9. The second-order valence-corrected chi connectivity index (χ2v) is 8.57. The highest BCUT2D eigenvalue weighted by Gasteiger charge is 2.51. The van der Waals surface area contributed by atoms with Crippen molar-refractivity contribution < 1.29 is 9.84 Å². The van der Waals surface area contributed by atoms with E-state index in [-0.39, 0.29) is 11.7 Å². The molecule has 2 fully saturated rings. The van der Waals surface area contributed by atoms with Crippen LogP contribution >= 0.6 is 11.8 Å². The highest BCUT2D eigenvalue weighted by Crippen LogP contribution is 2.51. The van der Waals surface area contributed by atoms with E-state index in [9.17, 15) is 5.11 Å². The highest BCUT2D eigenvalue weighted by molar-refractivity contribution is 8.00. The van der Waals surface area contributed by atoms with Crippen molar-refractivity contribution in [2.45, 2.75) is 66.5 Å². The van der Waals surface area contributed by atoms with Gasteiger partial charge in [-0.2, -0.15) is 0 Å². The van der Waals surface area contributed by atoms with Gasteiger partial charge in [-0.25, -0.2) is 0 Å². The van der Waals surface area contributed by atoms with Crippen molar-refractivity contribution in [3.63, 3.8) is 0 Å². The summed E-state index contributed by atoms with van der Waals surface area (Å²) in [4.78, 5) is 1.30. The molecule has 1 aliphatic heterocycles. The number of rotatable bonds is 4. The standard InChI is InChI=1S/C22H26O2S/c23-21(17-10-4-1-5-11-17)19-16-20(25-18-12-6-2-7-13-18)22(24-19)14-8-3-9-15-22/h1-2,4-7,10-13,19-21,23H,3,8-9,14-16H2/t19-,20+,21-/m1/s1. The molecule has 132 valence electrons. The minimum atomic E-state index is -0.540. The molecule has 2 nitrogen and oxygen atoms in total. The molecule has 1 saturated carbocycles. The van der Waals surface area contributed by atoms with Gasteiger partial charge in [-0.05, 0) is 37.0 Å². The predicted octanol–water partition coefficient (Wildman–Crippen LogP) is 5.37. The monoisotopic (exact) mass is 354 g/mol. The summed E-state index contributed by atoms with van der Waals surface area (Å²) in [7, 11) is 0. The molecule has 2 aromatic rings. The largest absolute Gasteiger partial charge is 0.386 e. The van der Waals surface area contributed by atoms with Gasteiger partial charge in [0.05, 0.1) is 11.7 Å². The van der Waals surface area contributed by atoms with Gasteiger partial charge in [0, 0.05) is 10.1 Å². The van der Waals surface area contributed by atoms with E-state index in [4.69, 9.17) is 4.74 Å². The number of aliphatic hydroxyl groups is 1. The second-order valence-electron chi connectivity index (χ2n) is 7.29. The Morgan fingerprint density at radius 3 is 2.24 bits per heavy atom. The van der Waals surface area contributed by atoms with E-state index >= 15 is 0 Å². The average Bonchev–Trinajstić information content (AvgIpc) is 3.01. The van der Waals surface area contributed by atoms with Crippen molar-refractivity contribution in [3.05, 3.63) is 66.2 Å². The van der Waals surface area contributed by atoms with Gasteiger partial charge in [0.1, 0.15) is 6.10 Å². The van der Waals surface area contributed by atoms with E-state index < -0.39 is 6.10 Å². The molecule has 1 N–H and O–H groups in total. The van der Waals surface area contributed by atoms with Gasteiger partial charge in [0.25, 0.3) is 0 Å². The Hall–Kier alpha value is -1.29. The van der Waals surface area contributed by atoms with E-state index in [0.717, 1.165) is 24.8 Å². The van der Waals surface area contributed by atoms with E-state index in [2.05, 4.69) is 30.3 Å². The number of hydrogen-bond donors (Lipinski definition) is 1. The minimum Gasteiger partial charge on any atom is -0.386 e. The first-order valence-corrected chi connectivity index (χ1v) is 10.3. The Kier molecular flexibility index (Phi) is 5.16.